The second-order valence-corrected chi connectivity index (χ2v) is 5.39. The van der Waals surface area contributed by atoms with Crippen LogP contribution in [0.3, 0.4) is 0 Å². The summed E-state index contributed by atoms with van der Waals surface area (Å²) in [6, 6.07) is 26.2. The van der Waals surface area contributed by atoms with Gasteiger partial charge in [0.05, 0.1) is 0 Å². The Morgan fingerprint density at radius 3 is 1.74 bits per heavy atom. The van der Waals surface area contributed by atoms with Crippen molar-refractivity contribution in [2.75, 3.05) is 0 Å². The number of hydrogen-bond acceptors (Lipinski definition) is 3. The molecule has 3 aromatic rings. The molecule has 0 atom stereocenters. The average Bonchev–Trinajstić information content (AvgIpc) is 3.01. The van der Waals surface area contributed by atoms with Gasteiger partial charge in [0, 0.05) is 0 Å². The third kappa shape index (κ3) is 3.51. The SMILES string of the molecule is NOB(O)c1ccccc1.c1ccc2c(c1)Cc1ccccc1-2. The van der Waals surface area contributed by atoms with Crippen LogP contribution in [0.2, 0.25) is 0 Å². The maximum atomic E-state index is 8.98. The van der Waals surface area contributed by atoms with E-state index in [1.54, 1.807) is 24.3 Å². The van der Waals surface area contributed by atoms with E-state index in [1.165, 1.54) is 22.3 Å². The molecule has 1 aliphatic rings. The van der Waals surface area contributed by atoms with Gasteiger partial charge < -0.3 is 9.78 Å². The first-order valence-electron chi connectivity index (χ1n) is 7.54. The maximum Gasteiger partial charge on any atom is 0.508 e. The molecule has 0 aromatic heterocycles. The van der Waals surface area contributed by atoms with E-state index in [0.29, 0.717) is 5.46 Å². The highest BCUT2D eigenvalue weighted by molar-refractivity contribution is 6.59. The van der Waals surface area contributed by atoms with Crippen LogP contribution in [0.5, 0.6) is 0 Å². The van der Waals surface area contributed by atoms with Crippen molar-refractivity contribution in [1.82, 2.24) is 0 Å². The Hall–Kier alpha value is -2.40. The van der Waals surface area contributed by atoms with Gasteiger partial charge in [-0.05, 0) is 34.1 Å². The van der Waals surface area contributed by atoms with Crippen molar-refractivity contribution in [2.24, 2.45) is 5.90 Å². The van der Waals surface area contributed by atoms with Crippen molar-refractivity contribution < 1.29 is 9.78 Å². The summed E-state index contributed by atoms with van der Waals surface area (Å²) in [7, 11) is -1.01. The van der Waals surface area contributed by atoms with Gasteiger partial charge in [-0.3, -0.25) is 0 Å². The van der Waals surface area contributed by atoms with Crippen LogP contribution in [0.4, 0.5) is 0 Å². The molecular formula is C19H18BNO2. The van der Waals surface area contributed by atoms with Crippen molar-refractivity contribution >= 4 is 12.6 Å². The average molecular weight is 303 g/mol. The van der Waals surface area contributed by atoms with Crippen LogP contribution in [0.1, 0.15) is 11.1 Å². The Kier molecular flexibility index (Phi) is 4.88. The molecule has 3 nitrogen and oxygen atoms in total. The van der Waals surface area contributed by atoms with Crippen LogP contribution < -0.4 is 11.4 Å². The molecule has 3 aromatic carbocycles. The lowest BCUT2D eigenvalue weighted by atomic mass is 9.80. The number of nitrogens with two attached hydrogens (primary N) is 1. The highest BCUT2D eigenvalue weighted by Gasteiger charge is 2.15. The molecule has 4 rings (SSSR count). The zero-order valence-electron chi connectivity index (χ0n) is 12.7. The Morgan fingerprint density at radius 2 is 1.22 bits per heavy atom. The van der Waals surface area contributed by atoms with E-state index in [-0.39, 0.29) is 0 Å². The minimum Gasteiger partial charge on any atom is -0.422 e. The fraction of sp³-hybridized carbons (Fsp3) is 0.0526. The summed E-state index contributed by atoms with van der Waals surface area (Å²) in [6.45, 7) is 0. The van der Waals surface area contributed by atoms with Gasteiger partial charge in [0.25, 0.3) is 0 Å². The van der Waals surface area contributed by atoms with E-state index >= 15 is 0 Å². The lowest BCUT2D eigenvalue weighted by Gasteiger charge is -2.00. The van der Waals surface area contributed by atoms with E-state index < -0.39 is 7.12 Å². The van der Waals surface area contributed by atoms with Gasteiger partial charge in [0.15, 0.2) is 0 Å². The number of rotatable bonds is 2. The molecule has 4 heteroatoms. The molecule has 114 valence electrons. The normalized spacial score (nSPS) is 11.0. The summed E-state index contributed by atoms with van der Waals surface area (Å²) >= 11 is 0. The van der Waals surface area contributed by atoms with Gasteiger partial charge in [0.1, 0.15) is 0 Å². The minimum atomic E-state index is -1.01. The van der Waals surface area contributed by atoms with Gasteiger partial charge >= 0.3 is 7.12 Å². The molecule has 0 saturated carbocycles. The summed E-state index contributed by atoms with van der Waals surface area (Å²) in [5, 5.41) is 8.98. The smallest absolute Gasteiger partial charge is 0.422 e. The van der Waals surface area contributed by atoms with Crippen LogP contribution in [-0.2, 0) is 11.2 Å². The molecule has 0 aliphatic heterocycles. The number of fused-ring (bicyclic) bond motifs is 3. The van der Waals surface area contributed by atoms with Gasteiger partial charge in [-0.1, -0.05) is 78.9 Å². The molecule has 0 unspecified atom stereocenters. The first-order valence-corrected chi connectivity index (χ1v) is 7.54. The van der Waals surface area contributed by atoms with Crippen LogP contribution in [0.15, 0.2) is 78.9 Å². The lowest BCUT2D eigenvalue weighted by molar-refractivity contribution is 0.281. The topological polar surface area (TPSA) is 55.5 Å². The van der Waals surface area contributed by atoms with Gasteiger partial charge in [-0.2, -0.15) is 0 Å². The molecule has 0 bridgehead atoms. The number of benzene rings is 3. The van der Waals surface area contributed by atoms with Crippen LogP contribution >= 0.6 is 0 Å². The first-order chi connectivity index (χ1) is 11.3. The second-order valence-electron chi connectivity index (χ2n) is 5.39. The molecule has 0 heterocycles. The highest BCUT2D eigenvalue weighted by atomic mass is 16.6. The van der Waals surface area contributed by atoms with Gasteiger partial charge in [-0.15, -0.1) is 0 Å². The second kappa shape index (κ2) is 7.25. The molecule has 0 amide bonds. The Morgan fingerprint density at radius 1 is 0.739 bits per heavy atom. The van der Waals surface area contributed by atoms with Crippen molar-refractivity contribution in [1.29, 1.82) is 0 Å². The highest BCUT2D eigenvalue weighted by Crippen LogP contribution is 2.35. The van der Waals surface area contributed by atoms with Gasteiger partial charge in [0.2, 0.25) is 0 Å². The van der Waals surface area contributed by atoms with Gasteiger partial charge in [-0.25, -0.2) is 5.90 Å². The van der Waals surface area contributed by atoms with Crippen LogP contribution in [-0.4, -0.2) is 12.1 Å². The predicted octanol–water partition coefficient (Wildman–Crippen LogP) is 2.52. The van der Waals surface area contributed by atoms with Crippen molar-refractivity contribution in [3.8, 4) is 11.1 Å². The zero-order valence-corrected chi connectivity index (χ0v) is 12.7. The van der Waals surface area contributed by atoms with E-state index in [1.807, 2.05) is 6.07 Å². The molecule has 0 saturated heterocycles. The van der Waals surface area contributed by atoms with Crippen LogP contribution in [0.25, 0.3) is 11.1 Å². The fourth-order valence-corrected chi connectivity index (χ4v) is 2.78. The third-order valence-electron chi connectivity index (χ3n) is 3.92. The summed E-state index contributed by atoms with van der Waals surface area (Å²) < 4.78 is 4.19. The van der Waals surface area contributed by atoms with Crippen molar-refractivity contribution in [2.45, 2.75) is 6.42 Å². The monoisotopic (exact) mass is 303 g/mol. The molecular weight excluding hydrogens is 285 g/mol. The molecule has 0 radical (unpaired) electrons. The molecule has 3 N–H and O–H groups in total. The molecule has 23 heavy (non-hydrogen) atoms. The Balaban J connectivity index is 0.000000142. The van der Waals surface area contributed by atoms with Crippen molar-refractivity contribution in [3.05, 3.63) is 90.0 Å². The quantitative estimate of drug-likeness (QED) is 0.442. The third-order valence-corrected chi connectivity index (χ3v) is 3.92. The fourth-order valence-electron chi connectivity index (χ4n) is 2.78. The molecule has 1 aliphatic carbocycles. The largest absolute Gasteiger partial charge is 0.508 e. The summed E-state index contributed by atoms with van der Waals surface area (Å²) in [4.78, 5) is 0. The Labute approximate surface area is 136 Å². The summed E-state index contributed by atoms with van der Waals surface area (Å²) in [5.74, 6) is 4.75. The van der Waals surface area contributed by atoms with Crippen molar-refractivity contribution in [3.63, 3.8) is 0 Å². The molecule has 0 fully saturated rings. The first kappa shape index (κ1) is 15.5. The van der Waals surface area contributed by atoms with E-state index in [4.69, 9.17) is 10.9 Å². The van der Waals surface area contributed by atoms with Crippen LogP contribution in [0, 0.1) is 0 Å². The Bertz CT molecular complexity index is 734. The van der Waals surface area contributed by atoms with E-state index in [2.05, 4.69) is 53.3 Å². The number of hydrogen-bond donors (Lipinski definition) is 2. The summed E-state index contributed by atoms with van der Waals surface area (Å²) in [5.41, 5.74) is 6.41. The molecule has 0 spiro atoms. The standard InChI is InChI=1S/C13H10.C6H8BNO2/c1-3-7-12-10(5-1)9-11-6-2-4-8-13(11)12;8-10-7(9)6-4-2-1-3-5-6/h1-8H,9H2;1-5,9H,8H2. The zero-order chi connectivity index (χ0) is 16.1. The minimum absolute atomic E-state index is 0.657. The van der Waals surface area contributed by atoms with E-state index in [9.17, 15) is 0 Å². The van der Waals surface area contributed by atoms with E-state index in [0.717, 1.165) is 6.42 Å². The predicted molar refractivity (Wildman–Crippen MR) is 94.0 cm³/mol. The summed E-state index contributed by atoms with van der Waals surface area (Å²) in [6.07, 6.45) is 1.10. The maximum absolute atomic E-state index is 8.98. The lowest BCUT2D eigenvalue weighted by Crippen LogP contribution is -2.35.